The van der Waals surface area contributed by atoms with Crippen molar-refractivity contribution in [2.24, 2.45) is 0 Å². The highest BCUT2D eigenvalue weighted by molar-refractivity contribution is 6.07. The molecule has 2 amide bonds. The third kappa shape index (κ3) is 4.82. The summed E-state index contributed by atoms with van der Waals surface area (Å²) in [7, 11) is 0. The zero-order valence-corrected chi connectivity index (χ0v) is 15.7. The lowest BCUT2D eigenvalue weighted by Gasteiger charge is -2.16. The van der Waals surface area contributed by atoms with E-state index in [-0.39, 0.29) is 17.7 Å². The van der Waals surface area contributed by atoms with E-state index in [1.807, 2.05) is 24.3 Å². The fourth-order valence-electron chi connectivity index (χ4n) is 3.08. The topological polar surface area (TPSA) is 149 Å². The maximum absolute atomic E-state index is 12.7. The van der Waals surface area contributed by atoms with Crippen LogP contribution in [0, 0.1) is 0 Å². The molecule has 0 fully saturated rings. The molecule has 30 heavy (non-hydrogen) atoms. The van der Waals surface area contributed by atoms with Crippen LogP contribution >= 0.6 is 0 Å². The Balaban J connectivity index is 1.78. The first kappa shape index (κ1) is 20.6. The van der Waals surface area contributed by atoms with E-state index in [0.29, 0.717) is 0 Å². The number of hydrogen-bond donors (Lipinski definition) is 5. The van der Waals surface area contributed by atoms with E-state index >= 15 is 0 Å². The molecule has 0 spiro atoms. The molecule has 5 N–H and O–H groups in total. The molecule has 3 aromatic rings. The SMILES string of the molecule is O=C(O)CC(=O)Nc1ccccc1C(=O)N[C@H](Cc1c[nH]c2ccccc12)C(=O)O. The number of fused-ring (bicyclic) bond motifs is 1. The van der Waals surface area contributed by atoms with Crippen molar-refractivity contribution in [2.75, 3.05) is 5.32 Å². The molecule has 0 radical (unpaired) electrons. The van der Waals surface area contributed by atoms with Crippen LogP contribution in [0.25, 0.3) is 10.9 Å². The lowest BCUT2D eigenvalue weighted by atomic mass is 10.0. The molecule has 0 aliphatic carbocycles. The van der Waals surface area contributed by atoms with Gasteiger partial charge in [-0.05, 0) is 23.8 Å². The lowest BCUT2D eigenvalue weighted by Crippen LogP contribution is -2.42. The van der Waals surface area contributed by atoms with Crippen LogP contribution in [0.3, 0.4) is 0 Å². The third-order valence-corrected chi connectivity index (χ3v) is 4.46. The van der Waals surface area contributed by atoms with Gasteiger partial charge < -0.3 is 25.8 Å². The summed E-state index contributed by atoms with van der Waals surface area (Å²) in [4.78, 5) is 50.0. The molecule has 1 heterocycles. The number of anilines is 1. The van der Waals surface area contributed by atoms with Crippen LogP contribution in [0.5, 0.6) is 0 Å². The Kier molecular flexibility index (Phi) is 6.11. The number of carboxylic acid groups (broad SMARTS) is 2. The second-order valence-electron chi connectivity index (χ2n) is 6.59. The third-order valence-electron chi connectivity index (χ3n) is 4.46. The number of aromatic amines is 1. The van der Waals surface area contributed by atoms with Crippen molar-refractivity contribution in [3.63, 3.8) is 0 Å². The van der Waals surface area contributed by atoms with Gasteiger partial charge in [0.25, 0.3) is 5.91 Å². The average molecular weight is 409 g/mol. The molecule has 1 aromatic heterocycles. The van der Waals surface area contributed by atoms with Crippen molar-refractivity contribution in [1.82, 2.24) is 10.3 Å². The number of H-pyrrole nitrogens is 1. The van der Waals surface area contributed by atoms with E-state index in [9.17, 15) is 24.3 Å². The molecule has 0 aliphatic heterocycles. The normalized spacial score (nSPS) is 11.6. The van der Waals surface area contributed by atoms with E-state index in [0.717, 1.165) is 16.5 Å². The molecule has 0 saturated carbocycles. The Morgan fingerprint density at radius 3 is 2.40 bits per heavy atom. The van der Waals surface area contributed by atoms with E-state index in [4.69, 9.17) is 5.11 Å². The summed E-state index contributed by atoms with van der Waals surface area (Å²) in [5.74, 6) is -4.01. The number of amides is 2. The van der Waals surface area contributed by atoms with Crippen molar-refractivity contribution in [3.8, 4) is 0 Å². The van der Waals surface area contributed by atoms with Gasteiger partial charge in [0, 0.05) is 23.5 Å². The van der Waals surface area contributed by atoms with Crippen LogP contribution in [0.1, 0.15) is 22.3 Å². The van der Waals surface area contributed by atoms with Gasteiger partial charge in [0.15, 0.2) is 0 Å². The molecule has 9 nitrogen and oxygen atoms in total. The van der Waals surface area contributed by atoms with Gasteiger partial charge in [-0.3, -0.25) is 14.4 Å². The number of aromatic nitrogens is 1. The van der Waals surface area contributed by atoms with E-state index < -0.39 is 36.2 Å². The molecule has 2 aromatic carbocycles. The van der Waals surface area contributed by atoms with Gasteiger partial charge in [-0.1, -0.05) is 30.3 Å². The minimum absolute atomic E-state index is 0.0291. The highest BCUT2D eigenvalue weighted by Crippen LogP contribution is 2.20. The van der Waals surface area contributed by atoms with Crippen LogP contribution in [-0.4, -0.2) is 45.0 Å². The predicted molar refractivity (Wildman–Crippen MR) is 108 cm³/mol. The van der Waals surface area contributed by atoms with Crippen molar-refractivity contribution >= 4 is 40.3 Å². The number of benzene rings is 2. The number of nitrogens with one attached hydrogen (secondary N) is 3. The Labute approximate surface area is 170 Å². The number of aliphatic carboxylic acids is 2. The Bertz CT molecular complexity index is 1120. The summed E-state index contributed by atoms with van der Waals surface area (Å²) in [6.07, 6.45) is 1.000. The van der Waals surface area contributed by atoms with E-state index in [1.54, 1.807) is 18.3 Å². The van der Waals surface area contributed by atoms with Crippen molar-refractivity contribution in [1.29, 1.82) is 0 Å². The summed E-state index contributed by atoms with van der Waals surface area (Å²) >= 11 is 0. The van der Waals surface area contributed by atoms with Gasteiger partial charge in [-0.25, -0.2) is 4.79 Å². The second-order valence-corrected chi connectivity index (χ2v) is 6.59. The fourth-order valence-corrected chi connectivity index (χ4v) is 3.08. The van der Waals surface area contributed by atoms with Gasteiger partial charge in [0.1, 0.15) is 12.5 Å². The van der Waals surface area contributed by atoms with Crippen molar-refractivity contribution in [3.05, 3.63) is 65.9 Å². The molecule has 1 atom stereocenters. The smallest absolute Gasteiger partial charge is 0.326 e. The Morgan fingerprint density at radius 1 is 0.967 bits per heavy atom. The van der Waals surface area contributed by atoms with Crippen molar-refractivity contribution in [2.45, 2.75) is 18.9 Å². The van der Waals surface area contributed by atoms with Gasteiger partial charge in [0.2, 0.25) is 5.91 Å². The molecule has 0 unspecified atom stereocenters. The number of carboxylic acids is 2. The van der Waals surface area contributed by atoms with Crippen LogP contribution in [0.15, 0.2) is 54.7 Å². The molecule has 0 saturated heterocycles. The first-order valence-corrected chi connectivity index (χ1v) is 9.04. The highest BCUT2D eigenvalue weighted by atomic mass is 16.4. The predicted octanol–water partition coefficient (Wildman–Crippen LogP) is 2.01. The fraction of sp³-hybridized carbons (Fsp3) is 0.143. The highest BCUT2D eigenvalue weighted by Gasteiger charge is 2.24. The quantitative estimate of drug-likeness (QED) is 0.359. The number of para-hydroxylation sites is 2. The standard InChI is InChI=1S/C21H19N3O6/c25-18(10-19(26)27)23-16-8-4-2-6-14(16)20(28)24-17(21(29)30)9-12-11-22-15-7-3-1-5-13(12)15/h1-8,11,17,22H,9-10H2,(H,23,25)(H,24,28)(H,26,27)(H,29,30)/t17-/m1/s1. The van der Waals surface area contributed by atoms with E-state index in [1.165, 1.54) is 12.1 Å². The zero-order chi connectivity index (χ0) is 21.7. The summed E-state index contributed by atoms with van der Waals surface area (Å²) in [5.41, 5.74) is 1.72. The van der Waals surface area contributed by atoms with Crippen LogP contribution < -0.4 is 10.6 Å². The van der Waals surface area contributed by atoms with Crippen molar-refractivity contribution < 1.29 is 29.4 Å². The number of hydrogen-bond acceptors (Lipinski definition) is 4. The van der Waals surface area contributed by atoms with Gasteiger partial charge >= 0.3 is 11.9 Å². The minimum Gasteiger partial charge on any atom is -0.481 e. The van der Waals surface area contributed by atoms with Crippen LogP contribution in [-0.2, 0) is 20.8 Å². The molecule has 3 rings (SSSR count). The van der Waals surface area contributed by atoms with Gasteiger partial charge in [-0.2, -0.15) is 0 Å². The summed E-state index contributed by atoms with van der Waals surface area (Å²) < 4.78 is 0. The van der Waals surface area contributed by atoms with E-state index in [2.05, 4.69) is 15.6 Å². The van der Waals surface area contributed by atoms with Gasteiger partial charge in [-0.15, -0.1) is 0 Å². The summed E-state index contributed by atoms with van der Waals surface area (Å²) in [5, 5.41) is 24.0. The maximum Gasteiger partial charge on any atom is 0.326 e. The second kappa shape index (κ2) is 8.91. The molecule has 0 aliphatic rings. The van der Waals surface area contributed by atoms with Crippen LogP contribution in [0.4, 0.5) is 5.69 Å². The number of rotatable bonds is 8. The molecular formula is C21H19N3O6. The maximum atomic E-state index is 12.7. The number of carbonyl (C=O) groups is 4. The minimum atomic E-state index is -1.31. The average Bonchev–Trinajstić information content (AvgIpc) is 3.10. The Morgan fingerprint density at radius 2 is 1.67 bits per heavy atom. The Hall–Kier alpha value is -4.14. The molecule has 9 heteroatoms. The molecule has 0 bridgehead atoms. The molecule has 154 valence electrons. The monoisotopic (exact) mass is 409 g/mol. The number of carbonyl (C=O) groups excluding carboxylic acids is 2. The first-order valence-electron chi connectivity index (χ1n) is 9.04. The lowest BCUT2D eigenvalue weighted by molar-refractivity contribution is -0.140. The van der Waals surface area contributed by atoms with Crippen LogP contribution in [0.2, 0.25) is 0 Å². The summed E-state index contributed by atoms with van der Waals surface area (Å²) in [6.45, 7) is 0. The summed E-state index contributed by atoms with van der Waals surface area (Å²) in [6, 6.07) is 12.2. The zero-order valence-electron chi connectivity index (χ0n) is 15.7. The van der Waals surface area contributed by atoms with Gasteiger partial charge in [0.05, 0.1) is 11.3 Å². The largest absolute Gasteiger partial charge is 0.481 e. The first-order chi connectivity index (χ1) is 14.3. The molecular weight excluding hydrogens is 390 g/mol.